The van der Waals surface area contributed by atoms with Crippen LogP contribution in [0.3, 0.4) is 0 Å². The molecule has 0 saturated carbocycles. The molecule has 0 fully saturated rings. The molecule has 2 heteroatoms. The third-order valence-corrected chi connectivity index (χ3v) is 2.51. The van der Waals surface area contributed by atoms with E-state index < -0.39 is 0 Å². The van der Waals surface area contributed by atoms with Gasteiger partial charge in [-0.1, -0.05) is 88.9 Å². The average Bonchev–Trinajstić information content (AvgIpc) is 2.65. The molecule has 120 valence electrons. The monoisotopic (exact) mass is 306 g/mol. The summed E-state index contributed by atoms with van der Waals surface area (Å²) >= 11 is 0. The zero-order valence-electron chi connectivity index (χ0n) is 14.8. The van der Waals surface area contributed by atoms with E-state index in [-0.39, 0.29) is 0 Å². The van der Waals surface area contributed by atoms with Crippen LogP contribution in [-0.4, -0.2) is 0 Å². The maximum atomic E-state index is 9.32. The van der Waals surface area contributed by atoms with Crippen molar-refractivity contribution in [2.24, 2.45) is 0 Å². The first kappa shape index (κ1) is 22.4. The lowest BCUT2D eigenvalue weighted by atomic mass is 9.96. The molecule has 0 aliphatic rings. The molecule has 0 amide bonds. The Morgan fingerprint density at radius 2 is 1.57 bits per heavy atom. The van der Waals surface area contributed by atoms with E-state index in [0.29, 0.717) is 16.7 Å². The third-order valence-electron chi connectivity index (χ3n) is 2.51. The summed E-state index contributed by atoms with van der Waals surface area (Å²) in [6.45, 7) is 13.6. The average molecular weight is 306 g/mol. The van der Waals surface area contributed by atoms with E-state index in [1.807, 2.05) is 77.1 Å². The van der Waals surface area contributed by atoms with Gasteiger partial charge in [-0.15, -0.1) is 0 Å². The number of nitrogens with zero attached hydrogens (tertiary/aromatic N) is 2. The van der Waals surface area contributed by atoms with E-state index in [1.165, 1.54) is 0 Å². The third kappa shape index (κ3) is 7.65. The van der Waals surface area contributed by atoms with E-state index in [1.54, 1.807) is 12.2 Å². The van der Waals surface area contributed by atoms with Crippen LogP contribution in [0.5, 0.6) is 0 Å². The minimum absolute atomic E-state index is 0.335. The SMILES string of the molecule is C=CC(=C\C=C/C)/C(C#N)=C(\C#N)c1ccccc1.CC.CC. The van der Waals surface area contributed by atoms with Crippen molar-refractivity contribution >= 4 is 5.57 Å². The molecule has 0 atom stereocenters. The van der Waals surface area contributed by atoms with Crippen LogP contribution in [0.15, 0.2) is 72.4 Å². The van der Waals surface area contributed by atoms with Crippen molar-refractivity contribution in [2.75, 3.05) is 0 Å². The van der Waals surface area contributed by atoms with Gasteiger partial charge in [-0.2, -0.15) is 10.5 Å². The first-order valence-corrected chi connectivity index (χ1v) is 7.84. The molecule has 1 rings (SSSR count). The van der Waals surface area contributed by atoms with Gasteiger partial charge in [-0.05, 0) is 18.1 Å². The van der Waals surface area contributed by atoms with Crippen LogP contribution >= 0.6 is 0 Å². The fourth-order valence-corrected chi connectivity index (χ4v) is 1.59. The minimum atomic E-state index is 0.335. The van der Waals surface area contributed by atoms with E-state index >= 15 is 0 Å². The summed E-state index contributed by atoms with van der Waals surface area (Å²) in [6.07, 6.45) is 7.02. The molecule has 1 aromatic rings. The summed E-state index contributed by atoms with van der Waals surface area (Å²) in [7, 11) is 0. The molecule has 2 nitrogen and oxygen atoms in total. The lowest BCUT2D eigenvalue weighted by molar-refractivity contribution is 1.44. The van der Waals surface area contributed by atoms with E-state index in [2.05, 4.69) is 18.7 Å². The van der Waals surface area contributed by atoms with Crippen LogP contribution in [0.1, 0.15) is 40.2 Å². The Labute approximate surface area is 141 Å². The zero-order chi connectivity index (χ0) is 18.1. The maximum Gasteiger partial charge on any atom is 0.101 e. The summed E-state index contributed by atoms with van der Waals surface area (Å²) in [6, 6.07) is 13.4. The quantitative estimate of drug-likeness (QED) is 0.489. The van der Waals surface area contributed by atoms with Crippen molar-refractivity contribution in [3.63, 3.8) is 0 Å². The van der Waals surface area contributed by atoms with Gasteiger partial charge < -0.3 is 0 Å². The van der Waals surface area contributed by atoms with Gasteiger partial charge in [-0.3, -0.25) is 0 Å². The molecule has 0 heterocycles. The highest BCUT2D eigenvalue weighted by Crippen LogP contribution is 2.23. The summed E-state index contributed by atoms with van der Waals surface area (Å²) in [5.74, 6) is 0. The van der Waals surface area contributed by atoms with Gasteiger partial charge in [0.1, 0.15) is 12.1 Å². The molecule has 23 heavy (non-hydrogen) atoms. The van der Waals surface area contributed by atoms with Gasteiger partial charge >= 0.3 is 0 Å². The van der Waals surface area contributed by atoms with Gasteiger partial charge in [0.15, 0.2) is 0 Å². The Morgan fingerprint density at radius 1 is 1.00 bits per heavy atom. The number of hydrogen-bond acceptors (Lipinski definition) is 2. The predicted molar refractivity (Wildman–Crippen MR) is 100 cm³/mol. The summed E-state index contributed by atoms with van der Waals surface area (Å²) in [5, 5.41) is 18.6. The van der Waals surface area contributed by atoms with Crippen LogP contribution < -0.4 is 0 Å². The molecular weight excluding hydrogens is 280 g/mol. The van der Waals surface area contributed by atoms with Crippen molar-refractivity contribution in [1.82, 2.24) is 0 Å². The first-order chi connectivity index (χ1) is 11.3. The lowest BCUT2D eigenvalue weighted by Gasteiger charge is -2.04. The normalized spacial score (nSPS) is 10.8. The van der Waals surface area contributed by atoms with Crippen molar-refractivity contribution in [3.05, 3.63) is 77.9 Å². The van der Waals surface area contributed by atoms with Crippen LogP contribution in [0.2, 0.25) is 0 Å². The van der Waals surface area contributed by atoms with Crippen LogP contribution in [0.4, 0.5) is 0 Å². The lowest BCUT2D eigenvalue weighted by Crippen LogP contribution is -1.91. The Kier molecular flexibility index (Phi) is 15.2. The number of nitriles is 2. The van der Waals surface area contributed by atoms with Gasteiger partial charge in [0.25, 0.3) is 0 Å². The van der Waals surface area contributed by atoms with Gasteiger partial charge in [0.2, 0.25) is 0 Å². The molecule has 0 aliphatic heterocycles. The fourth-order valence-electron chi connectivity index (χ4n) is 1.59. The standard InChI is InChI=1S/C17H14N2.2C2H6/c1-3-5-9-14(4-2)16(12-18)17(13-19)15-10-7-6-8-11-15;2*1-2/h3-11H,2H2,1H3;2*1-2H3/b5-3-,14-9+,17-16+;;. The highest BCUT2D eigenvalue weighted by Gasteiger charge is 2.10. The van der Waals surface area contributed by atoms with Crippen LogP contribution in [0.25, 0.3) is 5.57 Å². The zero-order valence-corrected chi connectivity index (χ0v) is 14.8. The Balaban J connectivity index is 0. The molecule has 0 radical (unpaired) electrons. The summed E-state index contributed by atoms with van der Waals surface area (Å²) in [5.41, 5.74) is 2.07. The Hall–Kier alpha value is -2.84. The highest BCUT2D eigenvalue weighted by molar-refractivity contribution is 5.85. The van der Waals surface area contributed by atoms with Gasteiger partial charge in [-0.25, -0.2) is 0 Å². The van der Waals surface area contributed by atoms with Crippen molar-refractivity contribution in [2.45, 2.75) is 34.6 Å². The Morgan fingerprint density at radius 3 is 1.96 bits per heavy atom. The molecule has 0 N–H and O–H groups in total. The number of allylic oxidation sites excluding steroid dienone is 7. The highest BCUT2D eigenvalue weighted by atomic mass is 14.3. The molecule has 0 spiro atoms. The second-order valence-electron chi connectivity index (χ2n) is 3.69. The van der Waals surface area contributed by atoms with Gasteiger partial charge in [0, 0.05) is 0 Å². The topological polar surface area (TPSA) is 47.6 Å². The molecule has 0 saturated heterocycles. The molecule has 0 bridgehead atoms. The summed E-state index contributed by atoms with van der Waals surface area (Å²) in [4.78, 5) is 0. The largest absolute Gasteiger partial charge is 0.192 e. The number of benzene rings is 1. The fraction of sp³-hybridized carbons (Fsp3) is 0.238. The summed E-state index contributed by atoms with van der Waals surface area (Å²) < 4.78 is 0. The second-order valence-corrected chi connectivity index (χ2v) is 3.69. The number of hydrogen-bond donors (Lipinski definition) is 0. The van der Waals surface area contributed by atoms with Crippen molar-refractivity contribution < 1.29 is 0 Å². The maximum absolute atomic E-state index is 9.32. The second kappa shape index (κ2) is 15.5. The van der Waals surface area contributed by atoms with Crippen molar-refractivity contribution in [3.8, 4) is 12.1 Å². The van der Waals surface area contributed by atoms with Crippen LogP contribution in [-0.2, 0) is 0 Å². The van der Waals surface area contributed by atoms with Crippen molar-refractivity contribution in [1.29, 1.82) is 10.5 Å². The smallest absolute Gasteiger partial charge is 0.101 e. The minimum Gasteiger partial charge on any atom is -0.192 e. The Bertz CT molecular complexity index is 618. The molecule has 0 aliphatic carbocycles. The number of rotatable bonds is 4. The van der Waals surface area contributed by atoms with Crippen LogP contribution in [0, 0.1) is 22.7 Å². The van der Waals surface area contributed by atoms with Gasteiger partial charge in [0.05, 0.1) is 11.1 Å². The molecule has 0 unspecified atom stereocenters. The molecule has 0 aromatic heterocycles. The molecular formula is C21H26N2. The predicted octanol–water partition coefficient (Wildman–Crippen LogP) is 6.23. The first-order valence-electron chi connectivity index (χ1n) is 7.84. The van der Waals surface area contributed by atoms with E-state index in [0.717, 1.165) is 5.56 Å². The van der Waals surface area contributed by atoms with E-state index in [4.69, 9.17) is 0 Å². The van der Waals surface area contributed by atoms with E-state index in [9.17, 15) is 10.5 Å². The molecule has 1 aromatic carbocycles.